The number of ether oxygens (including phenoxy) is 1. The number of rotatable bonds is 10. The van der Waals surface area contributed by atoms with Crippen LogP contribution in [0.5, 0.6) is 5.75 Å². The topological polar surface area (TPSA) is 154 Å². The average molecular weight is 420 g/mol. The molecule has 0 aliphatic heterocycles. The Labute approximate surface area is 175 Å². The van der Waals surface area contributed by atoms with Gasteiger partial charge in [0, 0.05) is 16.8 Å². The lowest BCUT2D eigenvalue weighted by Crippen LogP contribution is -2.35. The van der Waals surface area contributed by atoms with E-state index < -0.39 is 17.9 Å². The lowest BCUT2D eigenvalue weighted by atomic mass is 10.00. The van der Waals surface area contributed by atoms with Gasteiger partial charge in [-0.1, -0.05) is 19.4 Å². The van der Waals surface area contributed by atoms with Gasteiger partial charge in [0.25, 0.3) is 5.91 Å². The number of amidine groups is 1. The third-order valence-corrected chi connectivity index (χ3v) is 4.04. The van der Waals surface area contributed by atoms with Crippen molar-refractivity contribution in [2.75, 3.05) is 11.9 Å². The van der Waals surface area contributed by atoms with Crippen molar-refractivity contribution in [1.82, 2.24) is 0 Å². The molecule has 2 rings (SSSR count). The van der Waals surface area contributed by atoms with Crippen LogP contribution in [-0.2, 0) is 16.0 Å². The van der Waals surface area contributed by atoms with E-state index in [1.807, 2.05) is 13.0 Å². The summed E-state index contributed by atoms with van der Waals surface area (Å²) >= 11 is 0. The Morgan fingerprint density at radius 2 is 1.83 bits per heavy atom. The molecule has 0 fully saturated rings. The molecule has 0 aliphatic carbocycles. The number of halogens is 1. The van der Waals surface area contributed by atoms with E-state index in [4.69, 9.17) is 21.6 Å². The second-order valence-electron chi connectivity index (χ2n) is 6.26. The number of carboxylic acids is 1. The molecule has 1 amide bonds. The van der Waals surface area contributed by atoms with E-state index in [1.165, 1.54) is 0 Å². The minimum Gasteiger partial charge on any atom is -0.548 e. The first-order valence-electron chi connectivity index (χ1n) is 8.77. The summed E-state index contributed by atoms with van der Waals surface area (Å²) in [7, 11) is 0. The predicted octanol–water partition coefficient (Wildman–Crippen LogP) is 1.11. The molecule has 156 valence electrons. The number of carbonyl (C=O) groups excluding carboxylic acids is 2. The van der Waals surface area contributed by atoms with E-state index >= 15 is 0 Å². The van der Waals surface area contributed by atoms with Crippen molar-refractivity contribution in [2.45, 2.75) is 25.8 Å². The molecule has 8 nitrogen and oxygen atoms in total. The van der Waals surface area contributed by atoms with Gasteiger partial charge >= 0.3 is 0 Å². The number of carboxylic acid groups (broad SMARTS) is 1. The second kappa shape index (κ2) is 10.9. The molecule has 1 unspecified atom stereocenters. The van der Waals surface area contributed by atoms with Crippen LogP contribution in [0.25, 0.3) is 0 Å². The second-order valence-corrected chi connectivity index (χ2v) is 6.26. The van der Waals surface area contributed by atoms with E-state index in [2.05, 4.69) is 5.32 Å². The molecule has 6 N–H and O–H groups in total. The molecule has 0 spiro atoms. The number of amides is 1. The van der Waals surface area contributed by atoms with Crippen LogP contribution < -0.4 is 26.6 Å². The van der Waals surface area contributed by atoms with Gasteiger partial charge in [0.2, 0.25) is 0 Å². The molecule has 1 atom stereocenters. The fraction of sp³-hybridized carbons (Fsp3) is 0.250. The average Bonchev–Trinajstić information content (AvgIpc) is 2.65. The fourth-order valence-electron chi connectivity index (χ4n) is 2.72. The van der Waals surface area contributed by atoms with Gasteiger partial charge < -0.3 is 31.4 Å². The van der Waals surface area contributed by atoms with Crippen LogP contribution in [0.15, 0.2) is 42.5 Å². The lowest BCUT2D eigenvalue weighted by Gasteiger charge is -2.24. The molecule has 0 saturated heterocycles. The van der Waals surface area contributed by atoms with Crippen LogP contribution in [0.4, 0.5) is 5.69 Å². The smallest absolute Gasteiger partial charge is 0.255 e. The van der Waals surface area contributed by atoms with Crippen molar-refractivity contribution in [2.24, 2.45) is 11.5 Å². The van der Waals surface area contributed by atoms with E-state index in [0.717, 1.165) is 18.4 Å². The number of nitrogen functional groups attached to an aromatic ring is 1. The zero-order chi connectivity index (χ0) is 20.7. The largest absolute Gasteiger partial charge is 0.548 e. The zero-order valence-electron chi connectivity index (χ0n) is 15.9. The summed E-state index contributed by atoms with van der Waals surface area (Å²) in [6.07, 6.45) is 1.65. The van der Waals surface area contributed by atoms with E-state index in [9.17, 15) is 14.7 Å². The Balaban J connectivity index is 0.00000420. The molecule has 0 aliphatic rings. The monoisotopic (exact) mass is 419 g/mol. The van der Waals surface area contributed by atoms with E-state index in [0.29, 0.717) is 16.8 Å². The third kappa shape index (κ3) is 6.69. The molecule has 0 saturated carbocycles. The van der Waals surface area contributed by atoms with Crippen LogP contribution in [0.3, 0.4) is 0 Å². The number of hydrogen-bond acceptors (Lipinski definition) is 6. The summed E-state index contributed by atoms with van der Waals surface area (Å²) in [5.74, 6) is -1.87. The summed E-state index contributed by atoms with van der Waals surface area (Å²) < 4.78 is 5.40. The van der Waals surface area contributed by atoms with Crippen molar-refractivity contribution < 1.29 is 19.4 Å². The van der Waals surface area contributed by atoms with Crippen LogP contribution in [0, 0.1) is 5.41 Å². The molecule has 9 heteroatoms. The minimum atomic E-state index is -1.35. The zero-order valence-corrected chi connectivity index (χ0v) is 16.8. The Morgan fingerprint density at radius 3 is 2.34 bits per heavy atom. The standard InChI is InChI=1S/C20H24N4O4.ClH/c1-2-3-12-4-9-16(28-11-17(21)25)15(10-12)18(20(26)27)24-14-7-5-13(6-8-14)19(22)23;/h4-10,18,24H,2-3,11H2,1H3,(H2,21,25)(H3,22,23)(H,26,27);1H/p-1. The number of aliphatic carboxylic acids is 1. The fourth-order valence-corrected chi connectivity index (χ4v) is 2.72. The van der Waals surface area contributed by atoms with Gasteiger partial charge in [-0.3, -0.25) is 10.2 Å². The highest BCUT2D eigenvalue weighted by molar-refractivity contribution is 5.95. The predicted molar refractivity (Wildman–Crippen MR) is 111 cm³/mol. The maximum atomic E-state index is 11.9. The molecule has 29 heavy (non-hydrogen) atoms. The highest BCUT2D eigenvalue weighted by Gasteiger charge is 2.19. The normalized spacial score (nSPS) is 11.1. The Bertz CT molecular complexity index is 871. The van der Waals surface area contributed by atoms with E-state index in [-0.39, 0.29) is 30.6 Å². The Kier molecular flexibility index (Phi) is 8.95. The van der Waals surface area contributed by atoms with E-state index in [1.54, 1.807) is 36.4 Å². The van der Waals surface area contributed by atoms with Gasteiger partial charge in [0.15, 0.2) is 6.61 Å². The molecule has 0 heterocycles. The lowest BCUT2D eigenvalue weighted by molar-refractivity contribution is -0.307. The minimum absolute atomic E-state index is 0. The van der Waals surface area contributed by atoms with Gasteiger partial charge in [0.05, 0.1) is 12.0 Å². The SMILES string of the molecule is CCCc1ccc(OCC(N)=O)c(C(Nc2ccc(C(=N)N)cc2)C(=O)[O-])c1.Cl. The van der Waals surface area contributed by atoms with Crippen LogP contribution in [-0.4, -0.2) is 24.3 Å². The molecule has 0 bridgehead atoms. The number of primary amides is 1. The van der Waals surface area contributed by atoms with Crippen molar-refractivity contribution in [3.05, 3.63) is 59.2 Å². The molecular weight excluding hydrogens is 396 g/mol. The van der Waals surface area contributed by atoms with Crippen molar-refractivity contribution in [1.29, 1.82) is 5.41 Å². The maximum absolute atomic E-state index is 11.9. The van der Waals surface area contributed by atoms with Crippen molar-refractivity contribution in [3.8, 4) is 5.75 Å². The van der Waals surface area contributed by atoms with Crippen LogP contribution in [0.2, 0.25) is 0 Å². The van der Waals surface area contributed by atoms with Crippen molar-refractivity contribution in [3.63, 3.8) is 0 Å². The Hall–Kier alpha value is -3.26. The highest BCUT2D eigenvalue weighted by Crippen LogP contribution is 2.30. The number of anilines is 1. The summed E-state index contributed by atoms with van der Waals surface area (Å²) in [6, 6.07) is 10.4. The number of nitrogens with two attached hydrogens (primary N) is 2. The van der Waals surface area contributed by atoms with Crippen LogP contribution >= 0.6 is 12.4 Å². The molecule has 2 aromatic rings. The third-order valence-electron chi connectivity index (χ3n) is 4.04. The van der Waals surface area contributed by atoms with Crippen molar-refractivity contribution >= 4 is 35.8 Å². The number of benzene rings is 2. The molecular formula is C20H24ClN4O4-. The maximum Gasteiger partial charge on any atom is 0.255 e. The molecule has 2 aromatic carbocycles. The van der Waals surface area contributed by atoms with Crippen LogP contribution in [0.1, 0.15) is 36.1 Å². The Morgan fingerprint density at radius 1 is 1.17 bits per heavy atom. The first-order valence-corrected chi connectivity index (χ1v) is 8.77. The first-order chi connectivity index (χ1) is 13.3. The summed E-state index contributed by atoms with van der Waals surface area (Å²) in [5.41, 5.74) is 12.9. The number of hydrogen-bond donors (Lipinski definition) is 4. The number of carbonyl (C=O) groups is 2. The van der Waals surface area contributed by atoms with Gasteiger partial charge in [-0.15, -0.1) is 12.4 Å². The summed E-state index contributed by atoms with van der Waals surface area (Å²) in [4.78, 5) is 22.9. The summed E-state index contributed by atoms with van der Waals surface area (Å²) in [5, 5.41) is 22.2. The van der Waals surface area contributed by atoms with Gasteiger partial charge in [-0.25, -0.2) is 0 Å². The van der Waals surface area contributed by atoms with Gasteiger partial charge in [0.1, 0.15) is 11.6 Å². The van der Waals surface area contributed by atoms with Gasteiger partial charge in [-0.05, 0) is 48.4 Å². The number of nitrogens with one attached hydrogen (secondary N) is 2. The summed E-state index contributed by atoms with van der Waals surface area (Å²) in [6.45, 7) is 1.65. The van der Waals surface area contributed by atoms with Gasteiger partial charge in [-0.2, -0.15) is 0 Å². The first kappa shape index (κ1) is 23.8. The molecule has 0 radical (unpaired) electrons. The number of aryl methyl sites for hydroxylation is 1. The molecule has 0 aromatic heterocycles. The highest BCUT2D eigenvalue weighted by atomic mass is 35.5. The quantitative estimate of drug-likeness (QED) is 0.334.